The van der Waals surface area contributed by atoms with Crippen LogP contribution in [0.15, 0.2) is 22.7 Å². The predicted octanol–water partition coefficient (Wildman–Crippen LogP) is 4.21. The van der Waals surface area contributed by atoms with Gasteiger partial charge in [-0.15, -0.1) is 0 Å². The van der Waals surface area contributed by atoms with E-state index in [1.165, 1.54) is 28.4 Å². The normalized spacial score (nSPS) is 12.8. The van der Waals surface area contributed by atoms with Crippen molar-refractivity contribution in [2.45, 2.75) is 52.0 Å². The zero-order chi connectivity index (χ0) is 12.0. The van der Waals surface area contributed by atoms with Gasteiger partial charge in [-0.3, -0.25) is 0 Å². The van der Waals surface area contributed by atoms with Crippen molar-refractivity contribution < 1.29 is 0 Å². The highest BCUT2D eigenvalue weighted by Gasteiger charge is 2.02. The van der Waals surface area contributed by atoms with Crippen molar-refractivity contribution in [3.05, 3.63) is 33.8 Å². The molecule has 1 aromatic rings. The van der Waals surface area contributed by atoms with Crippen LogP contribution in [0.5, 0.6) is 0 Å². The highest BCUT2D eigenvalue weighted by Crippen LogP contribution is 2.19. The van der Waals surface area contributed by atoms with E-state index in [1.54, 1.807) is 0 Å². The number of halogens is 1. The largest absolute Gasteiger partial charge is 0.328 e. The van der Waals surface area contributed by atoms with E-state index in [-0.39, 0.29) is 0 Å². The molecule has 16 heavy (non-hydrogen) atoms. The third-order valence-electron chi connectivity index (χ3n) is 2.94. The summed E-state index contributed by atoms with van der Waals surface area (Å²) in [5, 5.41) is 0. The van der Waals surface area contributed by atoms with E-state index in [0.29, 0.717) is 6.04 Å². The number of nitrogens with two attached hydrogens (primary N) is 1. The van der Waals surface area contributed by atoms with E-state index in [4.69, 9.17) is 5.73 Å². The van der Waals surface area contributed by atoms with Gasteiger partial charge in [-0.25, -0.2) is 0 Å². The van der Waals surface area contributed by atoms with Crippen molar-refractivity contribution in [3.63, 3.8) is 0 Å². The Bertz CT molecular complexity index is 323. The number of aryl methyl sites for hydroxylation is 2. The first-order valence-electron chi connectivity index (χ1n) is 6.14. The minimum Gasteiger partial charge on any atom is -0.328 e. The van der Waals surface area contributed by atoms with Crippen molar-refractivity contribution in [3.8, 4) is 0 Å². The predicted molar refractivity (Wildman–Crippen MR) is 74.7 cm³/mol. The van der Waals surface area contributed by atoms with Crippen LogP contribution < -0.4 is 5.73 Å². The molecule has 0 aliphatic heterocycles. The molecule has 0 bridgehead atoms. The lowest BCUT2D eigenvalue weighted by Crippen LogP contribution is -2.19. The highest BCUT2D eigenvalue weighted by atomic mass is 79.9. The van der Waals surface area contributed by atoms with Gasteiger partial charge in [0, 0.05) is 10.5 Å². The van der Waals surface area contributed by atoms with Crippen molar-refractivity contribution in [1.82, 2.24) is 0 Å². The fourth-order valence-corrected chi connectivity index (χ4v) is 2.30. The van der Waals surface area contributed by atoms with Gasteiger partial charge in [0.1, 0.15) is 0 Å². The Kier molecular flexibility index (Phi) is 6.07. The van der Waals surface area contributed by atoms with Crippen LogP contribution >= 0.6 is 15.9 Å². The molecule has 0 saturated carbocycles. The Morgan fingerprint density at radius 1 is 1.31 bits per heavy atom. The first-order chi connectivity index (χ1) is 7.63. The average molecular weight is 284 g/mol. The summed E-state index contributed by atoms with van der Waals surface area (Å²) in [6.45, 7) is 4.31. The maximum absolute atomic E-state index is 5.99. The molecule has 0 radical (unpaired) electrons. The van der Waals surface area contributed by atoms with Crippen LogP contribution in [0.25, 0.3) is 0 Å². The van der Waals surface area contributed by atoms with Gasteiger partial charge in [-0.1, -0.05) is 41.4 Å². The van der Waals surface area contributed by atoms with E-state index in [0.717, 1.165) is 19.3 Å². The van der Waals surface area contributed by atoms with Crippen molar-refractivity contribution >= 4 is 15.9 Å². The molecule has 2 N–H and O–H groups in total. The second kappa shape index (κ2) is 7.08. The van der Waals surface area contributed by atoms with Crippen LogP contribution in [-0.4, -0.2) is 6.04 Å². The van der Waals surface area contributed by atoms with Gasteiger partial charge in [-0.05, 0) is 49.8 Å². The molecular formula is C14H22BrN. The van der Waals surface area contributed by atoms with E-state index in [9.17, 15) is 0 Å². The Morgan fingerprint density at radius 3 is 2.69 bits per heavy atom. The van der Waals surface area contributed by atoms with Gasteiger partial charge in [0.2, 0.25) is 0 Å². The molecule has 1 rings (SSSR count). The standard InChI is InChI=1S/C14H22BrN/c1-3-5-13(16)7-4-6-12-9-8-11(2)14(15)10-12/h8-10,13H,3-7,16H2,1-2H3. The first kappa shape index (κ1) is 13.7. The van der Waals surface area contributed by atoms with Crippen molar-refractivity contribution in [2.24, 2.45) is 5.73 Å². The molecule has 0 amide bonds. The summed E-state index contributed by atoms with van der Waals surface area (Å²) in [5.74, 6) is 0. The molecule has 1 nitrogen and oxygen atoms in total. The minimum atomic E-state index is 0.388. The zero-order valence-corrected chi connectivity index (χ0v) is 11.9. The van der Waals surface area contributed by atoms with E-state index >= 15 is 0 Å². The first-order valence-corrected chi connectivity index (χ1v) is 6.93. The second-order valence-corrected chi connectivity index (χ2v) is 5.38. The van der Waals surface area contributed by atoms with E-state index in [2.05, 4.69) is 48.0 Å². The molecule has 0 aliphatic carbocycles. The number of rotatable bonds is 6. The van der Waals surface area contributed by atoms with Crippen molar-refractivity contribution in [2.75, 3.05) is 0 Å². The molecular weight excluding hydrogens is 262 g/mol. The monoisotopic (exact) mass is 283 g/mol. The SMILES string of the molecule is CCCC(N)CCCc1ccc(C)c(Br)c1. The maximum Gasteiger partial charge on any atom is 0.0207 e. The number of hydrogen-bond acceptors (Lipinski definition) is 1. The highest BCUT2D eigenvalue weighted by molar-refractivity contribution is 9.10. The molecule has 0 spiro atoms. The maximum atomic E-state index is 5.99. The minimum absolute atomic E-state index is 0.388. The third kappa shape index (κ3) is 4.67. The summed E-state index contributed by atoms with van der Waals surface area (Å²) in [7, 11) is 0. The lowest BCUT2D eigenvalue weighted by atomic mass is 10.0. The average Bonchev–Trinajstić information content (AvgIpc) is 2.24. The Morgan fingerprint density at radius 2 is 2.06 bits per heavy atom. The van der Waals surface area contributed by atoms with Crippen LogP contribution in [-0.2, 0) is 6.42 Å². The topological polar surface area (TPSA) is 26.0 Å². The molecule has 1 unspecified atom stereocenters. The Balaban J connectivity index is 2.34. The Hall–Kier alpha value is -0.340. The molecule has 1 atom stereocenters. The molecule has 0 aliphatic rings. The zero-order valence-electron chi connectivity index (χ0n) is 10.3. The summed E-state index contributed by atoms with van der Waals surface area (Å²) < 4.78 is 1.21. The van der Waals surface area contributed by atoms with Gasteiger partial charge in [0.05, 0.1) is 0 Å². The van der Waals surface area contributed by atoms with Gasteiger partial charge < -0.3 is 5.73 Å². The molecule has 90 valence electrons. The van der Waals surface area contributed by atoms with Crippen LogP contribution in [0.2, 0.25) is 0 Å². The third-order valence-corrected chi connectivity index (χ3v) is 3.79. The van der Waals surface area contributed by atoms with E-state index < -0.39 is 0 Å². The molecule has 0 saturated heterocycles. The van der Waals surface area contributed by atoms with E-state index in [1.807, 2.05) is 0 Å². The lowest BCUT2D eigenvalue weighted by molar-refractivity contribution is 0.539. The van der Waals surface area contributed by atoms with Crippen LogP contribution in [0, 0.1) is 6.92 Å². The summed E-state index contributed by atoms with van der Waals surface area (Å²) >= 11 is 3.57. The molecule has 2 heteroatoms. The summed E-state index contributed by atoms with van der Waals surface area (Å²) in [5.41, 5.74) is 8.69. The van der Waals surface area contributed by atoms with Gasteiger partial charge in [0.15, 0.2) is 0 Å². The lowest BCUT2D eigenvalue weighted by Gasteiger charge is -2.10. The van der Waals surface area contributed by atoms with Crippen LogP contribution in [0.1, 0.15) is 43.7 Å². The fourth-order valence-electron chi connectivity index (χ4n) is 1.88. The summed E-state index contributed by atoms with van der Waals surface area (Å²) in [6.07, 6.45) is 5.81. The quantitative estimate of drug-likeness (QED) is 0.832. The van der Waals surface area contributed by atoms with Crippen molar-refractivity contribution in [1.29, 1.82) is 0 Å². The van der Waals surface area contributed by atoms with Crippen LogP contribution in [0.4, 0.5) is 0 Å². The summed E-state index contributed by atoms with van der Waals surface area (Å²) in [4.78, 5) is 0. The van der Waals surface area contributed by atoms with Gasteiger partial charge in [-0.2, -0.15) is 0 Å². The molecule has 0 heterocycles. The smallest absolute Gasteiger partial charge is 0.0207 e. The molecule has 0 aromatic heterocycles. The fraction of sp³-hybridized carbons (Fsp3) is 0.571. The number of hydrogen-bond donors (Lipinski definition) is 1. The molecule has 1 aromatic carbocycles. The summed E-state index contributed by atoms with van der Waals surface area (Å²) in [6, 6.07) is 7.00. The van der Waals surface area contributed by atoms with Gasteiger partial charge >= 0.3 is 0 Å². The Labute approximate surface area is 108 Å². The van der Waals surface area contributed by atoms with Crippen LogP contribution in [0.3, 0.4) is 0 Å². The second-order valence-electron chi connectivity index (χ2n) is 4.52. The molecule has 0 fully saturated rings. The number of benzene rings is 1. The van der Waals surface area contributed by atoms with Gasteiger partial charge in [0.25, 0.3) is 0 Å².